The fourth-order valence-electron chi connectivity index (χ4n) is 2.34. The van der Waals surface area contributed by atoms with E-state index in [2.05, 4.69) is 44.3 Å². The molecule has 88 valence electrons. The summed E-state index contributed by atoms with van der Waals surface area (Å²) in [7, 11) is 0. The van der Waals surface area contributed by atoms with Gasteiger partial charge in [-0.15, -0.1) is 0 Å². The Morgan fingerprint density at radius 2 is 2.25 bits per heavy atom. The number of hydrogen-bond acceptors (Lipinski definition) is 2. The van der Waals surface area contributed by atoms with Crippen molar-refractivity contribution in [3.05, 3.63) is 29.3 Å². The highest BCUT2D eigenvalue weighted by atomic mass is 16.5. The number of aryl methyl sites for hydroxylation is 2. The minimum atomic E-state index is 0.323. The van der Waals surface area contributed by atoms with Crippen molar-refractivity contribution < 1.29 is 4.74 Å². The summed E-state index contributed by atoms with van der Waals surface area (Å²) < 4.78 is 5.59. The zero-order valence-corrected chi connectivity index (χ0v) is 10.4. The van der Waals surface area contributed by atoms with Gasteiger partial charge in [0.2, 0.25) is 0 Å². The number of anilines is 1. The third-order valence-corrected chi connectivity index (χ3v) is 3.45. The molecule has 0 spiro atoms. The summed E-state index contributed by atoms with van der Waals surface area (Å²) in [4.78, 5) is 0. The highest BCUT2D eigenvalue weighted by Crippen LogP contribution is 2.25. The van der Waals surface area contributed by atoms with Gasteiger partial charge in [0.25, 0.3) is 0 Å². The average Bonchev–Trinajstić information content (AvgIpc) is 2.67. The standard InChI is InChI=1S/C14H21NO/c1-4-12-7-5-6-10(2)14(12)15-13-8-9-16-11(13)3/h5-7,11,13,15H,4,8-9H2,1-3H3. The van der Waals surface area contributed by atoms with Crippen LogP contribution in [0.2, 0.25) is 0 Å². The summed E-state index contributed by atoms with van der Waals surface area (Å²) >= 11 is 0. The van der Waals surface area contributed by atoms with E-state index in [1.165, 1.54) is 16.8 Å². The first kappa shape index (κ1) is 11.5. The molecule has 2 nitrogen and oxygen atoms in total. The molecular weight excluding hydrogens is 198 g/mol. The number of benzene rings is 1. The molecule has 2 heteroatoms. The molecule has 1 heterocycles. The summed E-state index contributed by atoms with van der Waals surface area (Å²) in [5.41, 5.74) is 4.05. The molecular formula is C14H21NO. The van der Waals surface area contributed by atoms with E-state index in [4.69, 9.17) is 4.74 Å². The van der Waals surface area contributed by atoms with Gasteiger partial charge in [-0.1, -0.05) is 25.1 Å². The smallest absolute Gasteiger partial charge is 0.0748 e. The Morgan fingerprint density at radius 1 is 1.44 bits per heavy atom. The number of ether oxygens (including phenoxy) is 1. The number of para-hydroxylation sites is 1. The van der Waals surface area contributed by atoms with Crippen LogP contribution in [-0.2, 0) is 11.2 Å². The van der Waals surface area contributed by atoms with E-state index in [0.29, 0.717) is 12.1 Å². The van der Waals surface area contributed by atoms with Crippen molar-refractivity contribution in [2.75, 3.05) is 11.9 Å². The van der Waals surface area contributed by atoms with Gasteiger partial charge >= 0.3 is 0 Å². The second-order valence-electron chi connectivity index (χ2n) is 4.58. The van der Waals surface area contributed by atoms with Gasteiger partial charge in [-0.25, -0.2) is 0 Å². The first-order valence-electron chi connectivity index (χ1n) is 6.19. The van der Waals surface area contributed by atoms with Crippen LogP contribution in [0, 0.1) is 6.92 Å². The first-order valence-corrected chi connectivity index (χ1v) is 6.19. The Kier molecular flexibility index (Phi) is 3.49. The van der Waals surface area contributed by atoms with Crippen LogP contribution in [0.3, 0.4) is 0 Å². The van der Waals surface area contributed by atoms with E-state index < -0.39 is 0 Å². The predicted molar refractivity (Wildman–Crippen MR) is 68.0 cm³/mol. The van der Waals surface area contributed by atoms with Crippen molar-refractivity contribution in [1.82, 2.24) is 0 Å². The fourth-order valence-corrected chi connectivity index (χ4v) is 2.34. The molecule has 1 aliphatic rings. The molecule has 0 aliphatic carbocycles. The van der Waals surface area contributed by atoms with Crippen molar-refractivity contribution in [3.8, 4) is 0 Å². The molecule has 2 atom stereocenters. The lowest BCUT2D eigenvalue weighted by molar-refractivity contribution is 0.121. The number of rotatable bonds is 3. The van der Waals surface area contributed by atoms with E-state index >= 15 is 0 Å². The Morgan fingerprint density at radius 3 is 2.88 bits per heavy atom. The summed E-state index contributed by atoms with van der Waals surface area (Å²) in [5.74, 6) is 0. The first-order chi connectivity index (χ1) is 7.72. The third kappa shape index (κ3) is 2.22. The summed E-state index contributed by atoms with van der Waals surface area (Å²) in [6.07, 6.45) is 2.51. The second kappa shape index (κ2) is 4.88. The van der Waals surface area contributed by atoms with Crippen molar-refractivity contribution in [3.63, 3.8) is 0 Å². The van der Waals surface area contributed by atoms with E-state index in [1.807, 2.05) is 0 Å². The molecule has 1 N–H and O–H groups in total. The largest absolute Gasteiger partial charge is 0.379 e. The van der Waals surface area contributed by atoms with Gasteiger partial charge in [0.05, 0.1) is 12.1 Å². The van der Waals surface area contributed by atoms with Crippen molar-refractivity contribution in [2.24, 2.45) is 0 Å². The summed E-state index contributed by atoms with van der Waals surface area (Å²) in [5, 5.41) is 3.65. The predicted octanol–water partition coefficient (Wildman–Crippen LogP) is 3.15. The highest BCUT2D eigenvalue weighted by Gasteiger charge is 2.24. The maximum absolute atomic E-state index is 5.59. The lowest BCUT2D eigenvalue weighted by atomic mass is 10.0. The van der Waals surface area contributed by atoms with Crippen LogP contribution in [0.1, 0.15) is 31.4 Å². The van der Waals surface area contributed by atoms with Crippen molar-refractivity contribution >= 4 is 5.69 Å². The highest BCUT2D eigenvalue weighted by molar-refractivity contribution is 5.58. The van der Waals surface area contributed by atoms with Crippen molar-refractivity contribution in [1.29, 1.82) is 0 Å². The Labute approximate surface area is 98.0 Å². The lowest BCUT2D eigenvalue weighted by Gasteiger charge is -2.21. The topological polar surface area (TPSA) is 21.3 Å². The van der Waals surface area contributed by atoms with Gasteiger partial charge in [-0.2, -0.15) is 0 Å². The quantitative estimate of drug-likeness (QED) is 0.843. The Hall–Kier alpha value is -1.02. The van der Waals surface area contributed by atoms with Crippen LogP contribution in [0.25, 0.3) is 0 Å². The van der Waals surface area contributed by atoms with Crippen LogP contribution < -0.4 is 5.32 Å². The molecule has 1 saturated heterocycles. The molecule has 1 aromatic rings. The van der Waals surface area contributed by atoms with Crippen LogP contribution >= 0.6 is 0 Å². The lowest BCUT2D eigenvalue weighted by Crippen LogP contribution is -2.27. The molecule has 0 bridgehead atoms. The van der Waals surface area contributed by atoms with Gasteiger partial charge in [-0.3, -0.25) is 0 Å². The average molecular weight is 219 g/mol. The SMILES string of the molecule is CCc1cccc(C)c1NC1CCOC1C. The number of hydrogen-bond donors (Lipinski definition) is 1. The molecule has 1 aromatic carbocycles. The molecule has 1 aliphatic heterocycles. The maximum Gasteiger partial charge on any atom is 0.0748 e. The van der Waals surface area contributed by atoms with Gasteiger partial charge in [0, 0.05) is 12.3 Å². The molecule has 1 fully saturated rings. The number of nitrogens with one attached hydrogen (secondary N) is 1. The Balaban J connectivity index is 2.19. The molecule has 0 saturated carbocycles. The van der Waals surface area contributed by atoms with E-state index in [0.717, 1.165) is 19.4 Å². The Bertz CT molecular complexity index is 362. The van der Waals surface area contributed by atoms with E-state index in [-0.39, 0.29) is 0 Å². The second-order valence-corrected chi connectivity index (χ2v) is 4.58. The van der Waals surface area contributed by atoms with E-state index in [9.17, 15) is 0 Å². The van der Waals surface area contributed by atoms with Crippen LogP contribution in [-0.4, -0.2) is 18.8 Å². The molecule has 0 radical (unpaired) electrons. The summed E-state index contributed by atoms with van der Waals surface area (Å²) in [6, 6.07) is 6.97. The van der Waals surface area contributed by atoms with Crippen molar-refractivity contribution in [2.45, 2.75) is 45.8 Å². The van der Waals surface area contributed by atoms with E-state index in [1.54, 1.807) is 0 Å². The molecule has 2 rings (SSSR count). The van der Waals surface area contributed by atoms with Crippen LogP contribution in [0.5, 0.6) is 0 Å². The molecule has 16 heavy (non-hydrogen) atoms. The molecule has 0 amide bonds. The van der Waals surface area contributed by atoms with Gasteiger partial charge < -0.3 is 10.1 Å². The molecule has 2 unspecified atom stereocenters. The van der Waals surface area contributed by atoms with Gasteiger partial charge in [-0.05, 0) is 37.8 Å². The zero-order chi connectivity index (χ0) is 11.5. The van der Waals surface area contributed by atoms with Gasteiger partial charge in [0.15, 0.2) is 0 Å². The minimum Gasteiger partial charge on any atom is -0.379 e. The van der Waals surface area contributed by atoms with Crippen LogP contribution in [0.15, 0.2) is 18.2 Å². The zero-order valence-electron chi connectivity index (χ0n) is 10.4. The monoisotopic (exact) mass is 219 g/mol. The summed E-state index contributed by atoms with van der Waals surface area (Å²) in [6.45, 7) is 7.40. The maximum atomic E-state index is 5.59. The normalized spacial score (nSPS) is 24.7. The van der Waals surface area contributed by atoms with Crippen LogP contribution in [0.4, 0.5) is 5.69 Å². The third-order valence-electron chi connectivity index (χ3n) is 3.45. The minimum absolute atomic E-state index is 0.323. The molecule has 0 aromatic heterocycles. The van der Waals surface area contributed by atoms with Gasteiger partial charge in [0.1, 0.15) is 0 Å². The fraction of sp³-hybridized carbons (Fsp3) is 0.571.